The van der Waals surface area contributed by atoms with Crippen LogP contribution in [0.2, 0.25) is 5.02 Å². The van der Waals surface area contributed by atoms with E-state index in [-0.39, 0.29) is 0 Å². The van der Waals surface area contributed by atoms with Crippen molar-refractivity contribution < 1.29 is 18.0 Å². The molecule has 2 aromatic rings. The van der Waals surface area contributed by atoms with Crippen molar-refractivity contribution in [3.63, 3.8) is 0 Å². The van der Waals surface area contributed by atoms with Crippen LogP contribution >= 0.6 is 11.6 Å². The van der Waals surface area contributed by atoms with Gasteiger partial charge in [-0.2, -0.15) is 18.4 Å². The Kier molecular flexibility index (Phi) is 11.4. The molecule has 0 radical (unpaired) electrons. The minimum atomic E-state index is -4.22. The van der Waals surface area contributed by atoms with Gasteiger partial charge in [0.25, 0.3) is 0 Å². The monoisotopic (exact) mass is 480 g/mol. The summed E-state index contributed by atoms with van der Waals surface area (Å²) in [5.41, 5.74) is 1.44. The molecule has 0 N–H and O–H groups in total. The van der Waals surface area contributed by atoms with Crippen molar-refractivity contribution in [3.8, 4) is 6.07 Å². The third kappa shape index (κ3) is 9.09. The average Bonchev–Trinajstić information content (AvgIpc) is 3.12. The maximum absolute atomic E-state index is 12.2. The molecule has 0 saturated carbocycles. The summed E-state index contributed by atoms with van der Waals surface area (Å²) in [4.78, 5) is 13.0. The van der Waals surface area contributed by atoms with Gasteiger partial charge in [-0.3, -0.25) is 4.79 Å². The van der Waals surface area contributed by atoms with Gasteiger partial charge in [-0.25, -0.2) is 0 Å². The van der Waals surface area contributed by atoms with E-state index in [1.54, 1.807) is 25.1 Å². The SMILES string of the molecule is CCC(C)C1CC(=O)N(C)C1.CCc1ccccc1C(F)(F)F.Cc1ccc(C#N)c(Cl)c1. The zero-order valence-electron chi connectivity index (χ0n) is 19.8. The second-order valence-corrected chi connectivity index (χ2v) is 8.63. The Morgan fingerprint density at radius 1 is 1.21 bits per heavy atom. The van der Waals surface area contributed by atoms with Crippen LogP contribution in [0.3, 0.4) is 0 Å². The Morgan fingerprint density at radius 3 is 2.27 bits per heavy atom. The zero-order valence-corrected chi connectivity index (χ0v) is 20.6. The first kappa shape index (κ1) is 28.5. The molecule has 0 aromatic heterocycles. The predicted octanol–water partition coefficient (Wildman–Crippen LogP) is 7.30. The summed E-state index contributed by atoms with van der Waals surface area (Å²) in [5.74, 6) is 1.62. The number of benzene rings is 2. The van der Waals surface area contributed by atoms with Crippen LogP contribution in [0.15, 0.2) is 42.5 Å². The van der Waals surface area contributed by atoms with E-state index in [4.69, 9.17) is 16.9 Å². The summed E-state index contributed by atoms with van der Waals surface area (Å²) in [7, 11) is 1.89. The highest BCUT2D eigenvalue weighted by Gasteiger charge is 2.32. The van der Waals surface area contributed by atoms with Gasteiger partial charge in [-0.05, 0) is 54.5 Å². The molecule has 2 unspecified atom stereocenters. The van der Waals surface area contributed by atoms with Crippen molar-refractivity contribution in [1.29, 1.82) is 5.26 Å². The van der Waals surface area contributed by atoms with Crippen LogP contribution in [-0.4, -0.2) is 24.4 Å². The van der Waals surface area contributed by atoms with E-state index in [1.807, 2.05) is 31.0 Å². The molecule has 3 nitrogen and oxygen atoms in total. The lowest BCUT2D eigenvalue weighted by atomic mass is 9.91. The number of likely N-dealkylation sites (tertiary alicyclic amines) is 1. The van der Waals surface area contributed by atoms with E-state index >= 15 is 0 Å². The quantitative estimate of drug-likeness (QED) is 0.462. The molecule has 1 aliphatic rings. The molecular formula is C26H32ClF3N2O. The lowest BCUT2D eigenvalue weighted by molar-refractivity contribution is -0.138. The van der Waals surface area contributed by atoms with Crippen LogP contribution in [0.4, 0.5) is 13.2 Å². The topological polar surface area (TPSA) is 44.1 Å². The molecule has 180 valence electrons. The second-order valence-electron chi connectivity index (χ2n) is 8.23. The zero-order chi connectivity index (χ0) is 25.2. The summed E-state index contributed by atoms with van der Waals surface area (Å²) >= 11 is 5.71. The van der Waals surface area contributed by atoms with E-state index in [2.05, 4.69) is 13.8 Å². The van der Waals surface area contributed by atoms with Crippen molar-refractivity contribution in [1.82, 2.24) is 4.90 Å². The van der Waals surface area contributed by atoms with Crippen molar-refractivity contribution in [2.75, 3.05) is 13.6 Å². The van der Waals surface area contributed by atoms with E-state index in [0.717, 1.165) is 24.6 Å². The second kappa shape index (κ2) is 13.3. The highest BCUT2D eigenvalue weighted by Crippen LogP contribution is 2.31. The van der Waals surface area contributed by atoms with Gasteiger partial charge in [0.05, 0.1) is 16.1 Å². The normalized spacial score (nSPS) is 16.2. The summed E-state index contributed by atoms with van der Waals surface area (Å²) in [6.07, 6.45) is -1.85. The molecular weight excluding hydrogens is 449 g/mol. The number of carbonyl (C=O) groups is 1. The minimum absolute atomic E-state index is 0.315. The van der Waals surface area contributed by atoms with Crippen LogP contribution in [0.5, 0.6) is 0 Å². The number of halogens is 4. The molecule has 1 fully saturated rings. The number of nitriles is 1. The highest BCUT2D eigenvalue weighted by atomic mass is 35.5. The predicted molar refractivity (Wildman–Crippen MR) is 127 cm³/mol. The van der Waals surface area contributed by atoms with E-state index < -0.39 is 11.7 Å². The number of hydrogen-bond acceptors (Lipinski definition) is 2. The molecule has 0 bridgehead atoms. The lowest BCUT2D eigenvalue weighted by Gasteiger charge is -2.15. The van der Waals surface area contributed by atoms with Gasteiger partial charge >= 0.3 is 6.18 Å². The van der Waals surface area contributed by atoms with Crippen LogP contribution in [0.1, 0.15) is 55.9 Å². The first-order valence-corrected chi connectivity index (χ1v) is 11.4. The van der Waals surface area contributed by atoms with Crippen molar-refractivity contribution in [2.24, 2.45) is 11.8 Å². The van der Waals surface area contributed by atoms with Crippen LogP contribution < -0.4 is 0 Å². The molecule has 1 amide bonds. The van der Waals surface area contributed by atoms with Crippen molar-refractivity contribution in [2.45, 2.75) is 53.1 Å². The first-order chi connectivity index (χ1) is 15.4. The summed E-state index contributed by atoms with van der Waals surface area (Å²) in [6, 6.07) is 13.0. The van der Waals surface area contributed by atoms with Crippen LogP contribution in [-0.2, 0) is 17.4 Å². The van der Waals surface area contributed by atoms with Gasteiger partial charge in [-0.1, -0.05) is 63.1 Å². The Hall–Kier alpha value is -2.52. The van der Waals surface area contributed by atoms with Gasteiger partial charge in [0, 0.05) is 20.0 Å². The molecule has 0 spiro atoms. The fourth-order valence-electron chi connectivity index (χ4n) is 3.43. The Morgan fingerprint density at radius 2 is 1.85 bits per heavy atom. The number of carbonyl (C=O) groups excluding carboxylic acids is 1. The Balaban J connectivity index is 0.000000249. The maximum Gasteiger partial charge on any atom is 0.416 e. The molecule has 1 heterocycles. The Bertz CT molecular complexity index is 953. The number of nitrogens with zero attached hydrogens (tertiary/aromatic N) is 2. The number of rotatable bonds is 3. The van der Waals surface area contributed by atoms with E-state index in [1.165, 1.54) is 18.6 Å². The highest BCUT2D eigenvalue weighted by molar-refractivity contribution is 6.31. The Labute approximate surface area is 200 Å². The van der Waals surface area contributed by atoms with Gasteiger partial charge < -0.3 is 4.90 Å². The molecule has 0 aliphatic carbocycles. The fraction of sp³-hybridized carbons (Fsp3) is 0.462. The number of hydrogen-bond donors (Lipinski definition) is 0. The van der Waals surface area contributed by atoms with E-state index in [0.29, 0.717) is 40.3 Å². The number of amides is 1. The van der Waals surface area contributed by atoms with Crippen LogP contribution in [0, 0.1) is 30.1 Å². The van der Waals surface area contributed by atoms with Crippen LogP contribution in [0.25, 0.3) is 0 Å². The van der Waals surface area contributed by atoms with E-state index in [9.17, 15) is 18.0 Å². The van der Waals surface area contributed by atoms with Gasteiger partial charge in [0.1, 0.15) is 6.07 Å². The molecule has 2 atom stereocenters. The van der Waals surface area contributed by atoms with Crippen molar-refractivity contribution in [3.05, 3.63) is 69.7 Å². The number of alkyl halides is 3. The smallest absolute Gasteiger partial charge is 0.345 e. The molecule has 2 aromatic carbocycles. The fourth-order valence-corrected chi connectivity index (χ4v) is 3.71. The number of aryl methyl sites for hydroxylation is 2. The lowest BCUT2D eigenvalue weighted by Crippen LogP contribution is -2.20. The summed E-state index contributed by atoms with van der Waals surface area (Å²) < 4.78 is 36.7. The standard InChI is InChI=1S/C9H9F3.C9H17NO.C8H6ClN/c1-2-7-5-3-4-6-8(7)9(10,11)12;1-4-7(2)8-5-9(11)10(3)6-8;1-6-2-3-7(5-10)8(9)4-6/h3-6H,2H2,1H3;7-8H,4-6H2,1-3H3;2-4H,1H3. The molecule has 33 heavy (non-hydrogen) atoms. The third-order valence-corrected chi connectivity index (χ3v) is 6.08. The maximum atomic E-state index is 12.2. The van der Waals surface area contributed by atoms with Gasteiger partial charge in [0.2, 0.25) is 5.91 Å². The first-order valence-electron chi connectivity index (χ1n) is 11.0. The molecule has 3 rings (SSSR count). The van der Waals surface area contributed by atoms with Gasteiger partial charge in [0.15, 0.2) is 0 Å². The minimum Gasteiger partial charge on any atom is -0.345 e. The molecule has 7 heteroatoms. The average molecular weight is 481 g/mol. The molecule has 1 saturated heterocycles. The van der Waals surface area contributed by atoms with Gasteiger partial charge in [-0.15, -0.1) is 0 Å². The molecule has 1 aliphatic heterocycles. The van der Waals surface area contributed by atoms with Crippen molar-refractivity contribution >= 4 is 17.5 Å². The third-order valence-electron chi connectivity index (χ3n) is 5.77. The largest absolute Gasteiger partial charge is 0.416 e. The summed E-state index contributed by atoms with van der Waals surface area (Å²) in [5, 5.41) is 9.00. The summed E-state index contributed by atoms with van der Waals surface area (Å²) in [6.45, 7) is 9.04.